The van der Waals surface area contributed by atoms with Crippen molar-refractivity contribution in [1.82, 2.24) is 0 Å². The summed E-state index contributed by atoms with van der Waals surface area (Å²) in [7, 11) is 0. The van der Waals surface area contributed by atoms with Crippen LogP contribution in [0.1, 0.15) is 84.5 Å². The first-order chi connectivity index (χ1) is 25.5. The number of rotatable bonds is 29. The van der Waals surface area contributed by atoms with Crippen molar-refractivity contribution >= 4 is 23.7 Å². The van der Waals surface area contributed by atoms with Crippen molar-refractivity contribution in [3.8, 4) is 0 Å². The molecular weight excluding hydrogens is 688 g/mol. The molecule has 2 aliphatic rings. The summed E-state index contributed by atoms with van der Waals surface area (Å²) in [5.74, 6) is 0.112. The minimum Gasteiger partial charge on any atom is -0.465 e. The van der Waals surface area contributed by atoms with Gasteiger partial charge >= 0.3 is 17.9 Å². The van der Waals surface area contributed by atoms with Crippen molar-refractivity contribution in [2.24, 2.45) is 35.5 Å². The van der Waals surface area contributed by atoms with Crippen molar-refractivity contribution in [2.45, 2.75) is 96.7 Å². The van der Waals surface area contributed by atoms with Crippen LogP contribution in [-0.4, -0.2) is 119 Å². The number of ketones is 1. The third kappa shape index (κ3) is 23.0. The summed E-state index contributed by atoms with van der Waals surface area (Å²) < 4.78 is 38.3. The summed E-state index contributed by atoms with van der Waals surface area (Å²) in [6, 6.07) is 0. The second kappa shape index (κ2) is 27.8. The van der Waals surface area contributed by atoms with Crippen LogP contribution in [0.5, 0.6) is 0 Å². The Balaban J connectivity index is 1.42. The van der Waals surface area contributed by atoms with E-state index in [9.17, 15) is 29.4 Å². The molecule has 2 aliphatic carbocycles. The maximum atomic E-state index is 12.3. The number of aliphatic hydroxyl groups is 2. The van der Waals surface area contributed by atoms with Gasteiger partial charge in [0.15, 0.2) is 0 Å². The Morgan fingerprint density at radius 3 is 1.38 bits per heavy atom. The van der Waals surface area contributed by atoms with Crippen LogP contribution < -0.4 is 0 Å². The van der Waals surface area contributed by atoms with E-state index in [0.717, 1.165) is 63.5 Å². The van der Waals surface area contributed by atoms with Crippen LogP contribution in [0.4, 0.5) is 0 Å². The molecule has 13 nitrogen and oxygen atoms in total. The van der Waals surface area contributed by atoms with Gasteiger partial charge in [-0.3, -0.25) is 9.59 Å². The van der Waals surface area contributed by atoms with Crippen LogP contribution in [0.15, 0.2) is 25.3 Å². The minimum absolute atomic E-state index is 0.00541. The zero-order valence-electron chi connectivity index (χ0n) is 32.1. The van der Waals surface area contributed by atoms with Crippen LogP contribution in [-0.2, 0) is 52.3 Å². The van der Waals surface area contributed by atoms with Crippen molar-refractivity contribution in [1.29, 1.82) is 0 Å². The number of Topliss-reactive ketones (excluding diaryl/α,β-unsaturated/α-hetero) is 1. The maximum absolute atomic E-state index is 12.3. The van der Waals surface area contributed by atoms with Gasteiger partial charge < -0.3 is 43.4 Å². The highest BCUT2D eigenvalue weighted by atomic mass is 16.6. The Hall–Kier alpha value is -2.68. The quantitative estimate of drug-likeness (QED) is 0.0477. The summed E-state index contributed by atoms with van der Waals surface area (Å²) >= 11 is 0. The smallest absolute Gasteiger partial charge is 0.330 e. The van der Waals surface area contributed by atoms with Crippen LogP contribution in [0.2, 0.25) is 0 Å². The number of hydrogen-bond donors (Lipinski definition) is 2. The monoisotopic (exact) mass is 754 g/mol. The van der Waals surface area contributed by atoms with Gasteiger partial charge in [0, 0.05) is 56.8 Å². The van der Waals surface area contributed by atoms with Crippen LogP contribution in [0.25, 0.3) is 0 Å². The molecule has 13 heteroatoms. The number of esters is 3. The molecule has 2 saturated carbocycles. The summed E-state index contributed by atoms with van der Waals surface area (Å²) in [5, 5.41) is 20.1. The fourth-order valence-electron chi connectivity index (χ4n) is 6.35. The summed E-state index contributed by atoms with van der Waals surface area (Å²) in [6.45, 7) is 14.7. The standard InChI is InChI=1S/C40H66O13/c1-5-38(44)51-20-29(3)18-47-22-31-7-11-33(12-8-31)24-49-26-36(42)16-15-35(41)17-40(46)52-21-30(4)19-48-23-32-9-13-34(14-10-32)25-50-27-37(43)28-53-39(45)6-2/h5-6,29-34,36-37,42-43H,1-2,7-28H2,3-4H3. The first kappa shape index (κ1) is 46.5. The molecule has 4 unspecified atom stereocenters. The van der Waals surface area contributed by atoms with Crippen LogP contribution in [0.3, 0.4) is 0 Å². The lowest BCUT2D eigenvalue weighted by atomic mass is 9.83. The average Bonchev–Trinajstić information content (AvgIpc) is 3.15. The highest BCUT2D eigenvalue weighted by molar-refractivity contribution is 5.95. The van der Waals surface area contributed by atoms with Crippen molar-refractivity contribution in [2.75, 3.05) is 72.7 Å². The predicted molar refractivity (Wildman–Crippen MR) is 197 cm³/mol. The molecule has 0 amide bonds. The lowest BCUT2D eigenvalue weighted by Crippen LogP contribution is -2.27. The molecule has 2 fully saturated rings. The van der Waals surface area contributed by atoms with Gasteiger partial charge in [0.25, 0.3) is 0 Å². The number of carbonyl (C=O) groups is 4. The maximum Gasteiger partial charge on any atom is 0.330 e. The van der Waals surface area contributed by atoms with Gasteiger partial charge in [-0.05, 0) is 81.5 Å². The molecule has 0 bridgehead atoms. The van der Waals surface area contributed by atoms with Gasteiger partial charge in [0.05, 0.1) is 45.7 Å². The second-order valence-electron chi connectivity index (χ2n) is 15.0. The molecule has 2 rings (SSSR count). The average molecular weight is 755 g/mol. The van der Waals surface area contributed by atoms with E-state index in [4.69, 9.17) is 33.2 Å². The van der Waals surface area contributed by atoms with E-state index in [1.165, 1.54) is 0 Å². The van der Waals surface area contributed by atoms with E-state index in [0.29, 0.717) is 69.9 Å². The highest BCUT2D eigenvalue weighted by Crippen LogP contribution is 2.30. The van der Waals surface area contributed by atoms with Gasteiger partial charge in [-0.2, -0.15) is 0 Å². The molecule has 0 aromatic carbocycles. The van der Waals surface area contributed by atoms with E-state index in [1.807, 2.05) is 13.8 Å². The van der Waals surface area contributed by atoms with E-state index in [-0.39, 0.29) is 63.3 Å². The number of carbonyl (C=O) groups excluding carboxylic acids is 4. The molecule has 304 valence electrons. The largest absolute Gasteiger partial charge is 0.465 e. The number of aliphatic hydroxyl groups excluding tert-OH is 2. The SMILES string of the molecule is C=CC(=O)OCC(C)COCC1CCC(COCC(O)CCC(=O)CC(=O)OCC(C)COCC2CCC(COCC(O)COC(=O)C=C)CC2)CC1. The number of ether oxygens (including phenoxy) is 7. The van der Waals surface area contributed by atoms with Gasteiger partial charge in [0.2, 0.25) is 0 Å². The summed E-state index contributed by atoms with van der Waals surface area (Å²) in [4.78, 5) is 46.7. The highest BCUT2D eigenvalue weighted by Gasteiger charge is 2.24. The molecule has 0 radical (unpaired) electrons. The van der Waals surface area contributed by atoms with Crippen LogP contribution in [0, 0.1) is 35.5 Å². The Labute approximate surface area is 316 Å². The van der Waals surface area contributed by atoms with Gasteiger partial charge in [0.1, 0.15) is 24.9 Å². The van der Waals surface area contributed by atoms with Crippen molar-refractivity contribution in [3.63, 3.8) is 0 Å². The molecule has 0 aromatic heterocycles. The number of hydrogen-bond acceptors (Lipinski definition) is 13. The third-order valence-corrected chi connectivity index (χ3v) is 9.66. The predicted octanol–water partition coefficient (Wildman–Crippen LogP) is 4.40. The van der Waals surface area contributed by atoms with Gasteiger partial charge in [-0.1, -0.05) is 27.0 Å². The summed E-state index contributed by atoms with van der Waals surface area (Å²) in [6.07, 6.45) is 8.85. The Bertz CT molecular complexity index is 983. The zero-order valence-corrected chi connectivity index (χ0v) is 32.1. The van der Waals surface area contributed by atoms with Crippen molar-refractivity contribution in [3.05, 3.63) is 25.3 Å². The summed E-state index contributed by atoms with van der Waals surface area (Å²) in [5.41, 5.74) is 0. The topological polar surface area (TPSA) is 173 Å². The fourth-order valence-corrected chi connectivity index (χ4v) is 6.35. The van der Waals surface area contributed by atoms with E-state index < -0.39 is 30.1 Å². The molecule has 2 N–H and O–H groups in total. The fraction of sp³-hybridized carbons (Fsp3) is 0.800. The molecule has 0 aliphatic heterocycles. The van der Waals surface area contributed by atoms with Gasteiger partial charge in [-0.25, -0.2) is 9.59 Å². The van der Waals surface area contributed by atoms with E-state index in [1.54, 1.807) is 0 Å². The lowest BCUT2D eigenvalue weighted by Gasteiger charge is -2.28. The van der Waals surface area contributed by atoms with Gasteiger partial charge in [-0.15, -0.1) is 0 Å². The zero-order chi connectivity index (χ0) is 38.8. The third-order valence-electron chi connectivity index (χ3n) is 9.66. The normalized spacial score (nSPS) is 22.5. The molecule has 0 heterocycles. The Kier molecular flexibility index (Phi) is 24.4. The Morgan fingerprint density at radius 2 is 0.943 bits per heavy atom. The first-order valence-electron chi connectivity index (χ1n) is 19.4. The molecule has 0 aromatic rings. The van der Waals surface area contributed by atoms with E-state index in [2.05, 4.69) is 13.2 Å². The molecular formula is C40H66O13. The minimum atomic E-state index is -0.859. The molecule has 53 heavy (non-hydrogen) atoms. The molecule has 0 saturated heterocycles. The Morgan fingerprint density at radius 1 is 0.566 bits per heavy atom. The van der Waals surface area contributed by atoms with E-state index >= 15 is 0 Å². The second-order valence-corrected chi connectivity index (χ2v) is 15.0. The first-order valence-corrected chi connectivity index (χ1v) is 19.4. The molecule has 4 atom stereocenters. The molecule has 0 spiro atoms. The lowest BCUT2D eigenvalue weighted by molar-refractivity contribution is -0.148. The van der Waals surface area contributed by atoms with Crippen LogP contribution >= 0.6 is 0 Å². The van der Waals surface area contributed by atoms with Crippen molar-refractivity contribution < 1.29 is 62.5 Å².